The van der Waals surface area contributed by atoms with Gasteiger partial charge in [0, 0.05) is 5.39 Å². The number of carbonyl (C=O) groups is 2. The molecule has 0 radical (unpaired) electrons. The molecule has 2 amide bonds. The molecule has 0 saturated carbocycles. The van der Waals surface area contributed by atoms with Crippen molar-refractivity contribution < 1.29 is 23.2 Å². The molecular weight excluding hydrogens is 438 g/mol. The number of fused-ring (bicyclic) bond motifs is 2. The van der Waals surface area contributed by atoms with E-state index < -0.39 is 41.5 Å². The Balaban J connectivity index is 1.48. The van der Waals surface area contributed by atoms with Gasteiger partial charge < -0.3 is 0 Å². The van der Waals surface area contributed by atoms with Crippen molar-refractivity contribution in [1.29, 1.82) is 0 Å². The van der Waals surface area contributed by atoms with Crippen molar-refractivity contribution in [2.75, 3.05) is 9.96 Å². The van der Waals surface area contributed by atoms with Crippen molar-refractivity contribution in [3.05, 3.63) is 108 Å². The number of hydroxylamine groups is 1. The molecule has 6 rings (SSSR count). The number of carbonyl (C=O) groups excluding carboxylic acids is 2. The second-order valence-electron chi connectivity index (χ2n) is 8.34. The molecule has 2 aliphatic heterocycles. The Hall–Kier alpha value is -4.10. The normalized spacial score (nSPS) is 22.0. The van der Waals surface area contributed by atoms with Crippen LogP contribution in [-0.2, 0) is 14.4 Å². The molecule has 2 heterocycles. The summed E-state index contributed by atoms with van der Waals surface area (Å²) in [6, 6.07) is 24.5. The van der Waals surface area contributed by atoms with E-state index in [1.54, 1.807) is 36.4 Å². The Morgan fingerprint density at radius 2 is 1.47 bits per heavy atom. The van der Waals surface area contributed by atoms with Gasteiger partial charge in [0.25, 0.3) is 5.91 Å². The summed E-state index contributed by atoms with van der Waals surface area (Å²) in [6.45, 7) is 0. The van der Waals surface area contributed by atoms with E-state index in [1.165, 1.54) is 11.1 Å². The standard InChI is InChI=1S/C27H18F2N2O3/c28-20-14-13-17(15-21(20)29)24-23-25(34-31(24)18-9-2-1-3-10-18)27(33)30(26(23)32)22-12-6-8-16-7-4-5-11-19(16)22/h1-15,23-25H/t23-,24+,25+/m1/s1. The quantitative estimate of drug-likeness (QED) is 0.399. The lowest BCUT2D eigenvalue weighted by atomic mass is 9.90. The van der Waals surface area contributed by atoms with E-state index in [-0.39, 0.29) is 0 Å². The van der Waals surface area contributed by atoms with Gasteiger partial charge in [0.1, 0.15) is 5.92 Å². The summed E-state index contributed by atoms with van der Waals surface area (Å²) in [5.41, 5.74) is 1.42. The van der Waals surface area contributed by atoms with Gasteiger partial charge >= 0.3 is 0 Å². The molecule has 0 aliphatic carbocycles. The Labute approximate surface area is 193 Å². The third-order valence-corrected chi connectivity index (χ3v) is 6.42. The number of imide groups is 1. The average molecular weight is 456 g/mol. The summed E-state index contributed by atoms with van der Waals surface area (Å²) in [5, 5.41) is 3.11. The number of nitrogens with zero attached hydrogens (tertiary/aromatic N) is 2. The maximum atomic E-state index is 14.2. The number of rotatable bonds is 3. The topological polar surface area (TPSA) is 49.9 Å². The summed E-state index contributed by atoms with van der Waals surface area (Å²) >= 11 is 0. The van der Waals surface area contributed by atoms with E-state index in [0.717, 1.165) is 27.8 Å². The minimum Gasteiger partial charge on any atom is -0.273 e. The zero-order valence-corrected chi connectivity index (χ0v) is 17.8. The molecule has 2 fully saturated rings. The molecule has 0 bridgehead atoms. The van der Waals surface area contributed by atoms with Crippen LogP contribution in [0.2, 0.25) is 0 Å². The van der Waals surface area contributed by atoms with Crippen molar-refractivity contribution in [1.82, 2.24) is 0 Å². The van der Waals surface area contributed by atoms with Crippen LogP contribution in [0.15, 0.2) is 91.0 Å². The van der Waals surface area contributed by atoms with Crippen LogP contribution in [-0.4, -0.2) is 17.9 Å². The van der Waals surface area contributed by atoms with Crippen LogP contribution < -0.4 is 9.96 Å². The Kier molecular flexibility index (Phi) is 4.67. The van der Waals surface area contributed by atoms with Gasteiger partial charge in [-0.2, -0.15) is 0 Å². The van der Waals surface area contributed by atoms with E-state index in [0.29, 0.717) is 16.9 Å². The zero-order chi connectivity index (χ0) is 23.4. The molecule has 34 heavy (non-hydrogen) atoms. The van der Waals surface area contributed by atoms with Crippen LogP contribution in [0.1, 0.15) is 11.6 Å². The number of halogens is 2. The lowest BCUT2D eigenvalue weighted by Gasteiger charge is -2.29. The summed E-state index contributed by atoms with van der Waals surface area (Å²) in [7, 11) is 0. The molecule has 3 atom stereocenters. The fraction of sp³-hybridized carbons (Fsp3) is 0.111. The van der Waals surface area contributed by atoms with Gasteiger partial charge in [-0.25, -0.2) is 18.7 Å². The predicted octanol–water partition coefficient (Wildman–Crippen LogP) is 5.17. The van der Waals surface area contributed by atoms with E-state index >= 15 is 0 Å². The van der Waals surface area contributed by atoms with Gasteiger partial charge in [0.05, 0.1) is 17.4 Å². The van der Waals surface area contributed by atoms with Crippen molar-refractivity contribution in [3.8, 4) is 0 Å². The van der Waals surface area contributed by atoms with E-state index in [4.69, 9.17) is 4.84 Å². The molecule has 7 heteroatoms. The lowest BCUT2D eigenvalue weighted by molar-refractivity contribution is -0.126. The van der Waals surface area contributed by atoms with Crippen molar-refractivity contribution in [2.24, 2.45) is 5.92 Å². The molecule has 2 aliphatic rings. The van der Waals surface area contributed by atoms with Crippen LogP contribution >= 0.6 is 0 Å². The first-order chi connectivity index (χ1) is 16.5. The number of amides is 2. The summed E-state index contributed by atoms with van der Waals surface area (Å²) < 4.78 is 27.9. The van der Waals surface area contributed by atoms with Crippen LogP contribution in [0.25, 0.3) is 10.8 Å². The molecule has 4 aromatic rings. The van der Waals surface area contributed by atoms with E-state index in [2.05, 4.69) is 0 Å². The predicted molar refractivity (Wildman–Crippen MR) is 123 cm³/mol. The van der Waals surface area contributed by atoms with Crippen molar-refractivity contribution >= 4 is 34.0 Å². The number of hydrogen-bond donors (Lipinski definition) is 0. The van der Waals surface area contributed by atoms with Gasteiger partial charge in [0.15, 0.2) is 17.7 Å². The maximum Gasteiger partial charge on any atom is 0.266 e. The number of benzene rings is 4. The fourth-order valence-corrected chi connectivity index (χ4v) is 4.89. The highest BCUT2D eigenvalue weighted by Gasteiger charge is 2.60. The number of hydrogen-bond acceptors (Lipinski definition) is 4. The van der Waals surface area contributed by atoms with E-state index in [9.17, 15) is 18.4 Å². The minimum absolute atomic E-state index is 0.344. The van der Waals surface area contributed by atoms with E-state index in [1.807, 2.05) is 36.4 Å². The highest BCUT2D eigenvalue weighted by Crippen LogP contribution is 2.48. The molecule has 0 spiro atoms. The van der Waals surface area contributed by atoms with Gasteiger partial charge in [0.2, 0.25) is 5.91 Å². The van der Waals surface area contributed by atoms with Crippen molar-refractivity contribution in [3.63, 3.8) is 0 Å². The fourth-order valence-electron chi connectivity index (χ4n) is 4.89. The van der Waals surface area contributed by atoms with Gasteiger partial charge in [-0.15, -0.1) is 0 Å². The summed E-state index contributed by atoms with van der Waals surface area (Å²) in [6.07, 6.45) is -1.09. The SMILES string of the molecule is O=C1[C@H]2[C@H](ON(c3ccccc3)[C@H]2c2ccc(F)c(F)c2)C(=O)N1c1cccc2ccccc12. The lowest BCUT2D eigenvalue weighted by Crippen LogP contribution is -2.37. The van der Waals surface area contributed by atoms with Crippen LogP contribution in [0.5, 0.6) is 0 Å². The highest BCUT2D eigenvalue weighted by molar-refractivity contribution is 6.26. The third-order valence-electron chi connectivity index (χ3n) is 6.42. The summed E-state index contributed by atoms with van der Waals surface area (Å²) in [4.78, 5) is 34.5. The zero-order valence-electron chi connectivity index (χ0n) is 17.8. The Morgan fingerprint density at radius 1 is 0.735 bits per heavy atom. The molecule has 0 aromatic heterocycles. The van der Waals surface area contributed by atoms with Gasteiger partial charge in [-0.3, -0.25) is 14.4 Å². The third kappa shape index (κ3) is 3.01. The summed E-state index contributed by atoms with van der Waals surface area (Å²) in [5.74, 6) is -3.89. The Bertz CT molecular complexity index is 1440. The second-order valence-corrected chi connectivity index (χ2v) is 8.34. The molecule has 5 nitrogen and oxygen atoms in total. The first-order valence-corrected chi connectivity index (χ1v) is 10.9. The molecule has 0 N–H and O–H groups in total. The maximum absolute atomic E-state index is 14.2. The smallest absolute Gasteiger partial charge is 0.266 e. The monoisotopic (exact) mass is 456 g/mol. The molecule has 0 unspecified atom stereocenters. The molecule has 4 aromatic carbocycles. The first-order valence-electron chi connectivity index (χ1n) is 10.9. The van der Waals surface area contributed by atoms with Crippen LogP contribution in [0.3, 0.4) is 0 Å². The molecule has 168 valence electrons. The Morgan fingerprint density at radius 3 is 2.26 bits per heavy atom. The van der Waals surface area contributed by atoms with Gasteiger partial charge in [-0.1, -0.05) is 60.7 Å². The van der Waals surface area contributed by atoms with Crippen molar-refractivity contribution in [2.45, 2.75) is 12.1 Å². The van der Waals surface area contributed by atoms with Gasteiger partial charge in [-0.05, 0) is 41.3 Å². The van der Waals surface area contributed by atoms with Crippen LogP contribution in [0.4, 0.5) is 20.2 Å². The minimum atomic E-state index is -1.09. The molecule has 2 saturated heterocycles. The number of para-hydroxylation sites is 1. The first kappa shape index (κ1) is 20.5. The van der Waals surface area contributed by atoms with Crippen LogP contribution in [0, 0.1) is 17.6 Å². The second kappa shape index (κ2) is 7.74. The highest BCUT2D eigenvalue weighted by atomic mass is 19.2. The average Bonchev–Trinajstić information content (AvgIpc) is 3.37. The largest absolute Gasteiger partial charge is 0.273 e. The molecular formula is C27H18F2N2O3. The number of anilines is 2.